The lowest BCUT2D eigenvalue weighted by atomic mass is 10.1. The van der Waals surface area contributed by atoms with Crippen LogP contribution in [0.1, 0.15) is 18.1 Å². The molecule has 1 N–H and O–H groups in total. The number of aryl methyl sites for hydroxylation is 1. The molecule has 0 unspecified atom stereocenters. The van der Waals surface area contributed by atoms with Gasteiger partial charge in [0.1, 0.15) is 0 Å². The van der Waals surface area contributed by atoms with E-state index in [4.69, 9.17) is 0 Å². The average Bonchev–Trinajstić information content (AvgIpc) is 2.26. The summed E-state index contributed by atoms with van der Waals surface area (Å²) in [4.78, 5) is 11.0. The summed E-state index contributed by atoms with van der Waals surface area (Å²) < 4.78 is 0. The molecule has 0 atom stereocenters. The molecule has 1 amide bonds. The minimum atomic E-state index is 0.0240. The normalized spacial score (nSPS) is 9.86. The van der Waals surface area contributed by atoms with Crippen LogP contribution in [0, 0.1) is 0 Å². The zero-order valence-corrected chi connectivity index (χ0v) is 9.80. The molecule has 0 saturated carbocycles. The Morgan fingerprint density at radius 3 is 2.57 bits per heavy atom. The third kappa shape index (κ3) is 3.14. The van der Waals surface area contributed by atoms with Gasteiger partial charge in [-0.15, -0.1) is 0 Å². The van der Waals surface area contributed by atoms with Crippen LogP contribution in [0.15, 0.2) is 24.3 Å². The molecule has 0 aliphatic heterocycles. The summed E-state index contributed by atoms with van der Waals surface area (Å²) in [7, 11) is 0. The Bertz CT molecular complexity index is 312. The second kappa shape index (κ2) is 5.81. The Morgan fingerprint density at radius 2 is 2.00 bits per heavy atom. The first-order valence-corrected chi connectivity index (χ1v) is 5.79. The van der Waals surface area contributed by atoms with E-state index in [9.17, 15) is 4.79 Å². The summed E-state index contributed by atoms with van der Waals surface area (Å²) >= 11 is 3.11. The van der Waals surface area contributed by atoms with Crippen molar-refractivity contribution in [1.82, 2.24) is 5.32 Å². The molecule has 1 aromatic rings. The van der Waals surface area contributed by atoms with Gasteiger partial charge in [-0.3, -0.25) is 4.79 Å². The lowest BCUT2D eigenvalue weighted by molar-refractivity contribution is -0.118. The van der Waals surface area contributed by atoms with Gasteiger partial charge in [0.05, 0.1) is 5.33 Å². The quantitative estimate of drug-likeness (QED) is 0.822. The third-order valence-corrected chi connectivity index (χ3v) is 2.61. The van der Waals surface area contributed by atoms with Gasteiger partial charge in [0, 0.05) is 6.54 Å². The average molecular weight is 256 g/mol. The molecule has 1 rings (SSSR count). The lowest BCUT2D eigenvalue weighted by Gasteiger charge is -2.07. The fraction of sp³-hybridized carbons (Fsp3) is 0.364. The molecule has 2 nitrogen and oxygen atoms in total. The molecule has 0 aliphatic rings. The number of alkyl halides is 1. The lowest BCUT2D eigenvalue weighted by Crippen LogP contribution is -2.24. The molecule has 0 fully saturated rings. The SMILES string of the molecule is CCc1ccccc1CNC(=O)CBr. The first-order chi connectivity index (χ1) is 6.77. The monoisotopic (exact) mass is 255 g/mol. The van der Waals surface area contributed by atoms with Crippen molar-refractivity contribution in [3.05, 3.63) is 35.4 Å². The van der Waals surface area contributed by atoms with Gasteiger partial charge in [0.25, 0.3) is 0 Å². The van der Waals surface area contributed by atoms with E-state index in [0.29, 0.717) is 11.9 Å². The molecule has 0 aliphatic carbocycles. The highest BCUT2D eigenvalue weighted by Crippen LogP contribution is 2.08. The van der Waals surface area contributed by atoms with Crippen LogP contribution in [-0.2, 0) is 17.8 Å². The van der Waals surface area contributed by atoms with Crippen LogP contribution in [0.4, 0.5) is 0 Å². The fourth-order valence-corrected chi connectivity index (χ4v) is 1.51. The molecular formula is C11H14BrNO. The van der Waals surface area contributed by atoms with Crippen molar-refractivity contribution < 1.29 is 4.79 Å². The van der Waals surface area contributed by atoms with E-state index in [1.807, 2.05) is 18.2 Å². The molecule has 76 valence electrons. The molecule has 1 aromatic carbocycles. The van der Waals surface area contributed by atoms with Crippen LogP contribution < -0.4 is 5.32 Å². The maximum atomic E-state index is 11.0. The summed E-state index contributed by atoms with van der Waals surface area (Å²) in [6.45, 7) is 2.74. The van der Waals surface area contributed by atoms with E-state index in [0.717, 1.165) is 6.42 Å². The number of hydrogen-bond acceptors (Lipinski definition) is 1. The van der Waals surface area contributed by atoms with Crippen LogP contribution in [0.25, 0.3) is 0 Å². The first-order valence-electron chi connectivity index (χ1n) is 4.67. The Balaban J connectivity index is 2.61. The number of benzene rings is 1. The maximum Gasteiger partial charge on any atom is 0.230 e. The Morgan fingerprint density at radius 1 is 1.36 bits per heavy atom. The highest BCUT2D eigenvalue weighted by molar-refractivity contribution is 9.09. The van der Waals surface area contributed by atoms with Gasteiger partial charge in [0.2, 0.25) is 5.91 Å². The van der Waals surface area contributed by atoms with E-state index >= 15 is 0 Å². The highest BCUT2D eigenvalue weighted by Gasteiger charge is 2.01. The summed E-state index contributed by atoms with van der Waals surface area (Å²) in [6, 6.07) is 8.16. The Labute approximate surface area is 92.8 Å². The van der Waals surface area contributed by atoms with Crippen LogP contribution in [0.5, 0.6) is 0 Å². The number of amides is 1. The maximum absolute atomic E-state index is 11.0. The van der Waals surface area contributed by atoms with E-state index in [2.05, 4.69) is 34.2 Å². The van der Waals surface area contributed by atoms with Crippen molar-refractivity contribution in [2.75, 3.05) is 5.33 Å². The minimum Gasteiger partial charge on any atom is -0.351 e. The van der Waals surface area contributed by atoms with Gasteiger partial charge in [-0.2, -0.15) is 0 Å². The summed E-state index contributed by atoms with van der Waals surface area (Å²) in [6.07, 6.45) is 1.00. The zero-order valence-electron chi connectivity index (χ0n) is 8.22. The van der Waals surface area contributed by atoms with Crippen molar-refractivity contribution in [3.63, 3.8) is 0 Å². The Kier molecular flexibility index (Phi) is 4.66. The van der Waals surface area contributed by atoms with Gasteiger partial charge in [-0.25, -0.2) is 0 Å². The largest absolute Gasteiger partial charge is 0.351 e. The number of carbonyl (C=O) groups excluding carboxylic acids is 1. The number of halogens is 1. The number of rotatable bonds is 4. The molecule has 0 spiro atoms. The molecule has 0 saturated heterocycles. The predicted molar refractivity (Wildman–Crippen MR) is 61.5 cm³/mol. The first kappa shape index (κ1) is 11.2. The topological polar surface area (TPSA) is 29.1 Å². The van der Waals surface area contributed by atoms with Crippen molar-refractivity contribution in [2.45, 2.75) is 19.9 Å². The second-order valence-electron chi connectivity index (χ2n) is 3.03. The van der Waals surface area contributed by atoms with Crippen molar-refractivity contribution >= 4 is 21.8 Å². The third-order valence-electron chi connectivity index (χ3n) is 2.10. The number of nitrogens with one attached hydrogen (secondary N) is 1. The summed E-state index contributed by atoms with van der Waals surface area (Å²) in [5.41, 5.74) is 2.49. The number of carbonyl (C=O) groups is 1. The van der Waals surface area contributed by atoms with Gasteiger partial charge in [0.15, 0.2) is 0 Å². The Hall–Kier alpha value is -0.830. The van der Waals surface area contributed by atoms with Crippen LogP contribution >= 0.6 is 15.9 Å². The molecule has 0 radical (unpaired) electrons. The van der Waals surface area contributed by atoms with Crippen LogP contribution in [0.3, 0.4) is 0 Å². The zero-order chi connectivity index (χ0) is 10.4. The molecule has 0 heterocycles. The van der Waals surface area contributed by atoms with E-state index in [-0.39, 0.29) is 5.91 Å². The van der Waals surface area contributed by atoms with Crippen molar-refractivity contribution in [3.8, 4) is 0 Å². The van der Waals surface area contributed by atoms with Crippen LogP contribution in [-0.4, -0.2) is 11.2 Å². The van der Waals surface area contributed by atoms with Gasteiger partial charge in [-0.1, -0.05) is 47.1 Å². The fourth-order valence-electron chi connectivity index (χ4n) is 1.32. The smallest absolute Gasteiger partial charge is 0.230 e. The van der Waals surface area contributed by atoms with Gasteiger partial charge >= 0.3 is 0 Å². The molecule has 14 heavy (non-hydrogen) atoms. The standard InChI is InChI=1S/C11H14BrNO/c1-2-9-5-3-4-6-10(9)8-13-11(14)7-12/h3-6H,2,7-8H2,1H3,(H,13,14). The summed E-state index contributed by atoms with van der Waals surface area (Å²) in [5, 5.41) is 3.20. The van der Waals surface area contributed by atoms with Crippen molar-refractivity contribution in [1.29, 1.82) is 0 Å². The number of hydrogen-bond donors (Lipinski definition) is 1. The van der Waals surface area contributed by atoms with Crippen molar-refractivity contribution in [2.24, 2.45) is 0 Å². The van der Waals surface area contributed by atoms with Crippen LogP contribution in [0.2, 0.25) is 0 Å². The molecular weight excluding hydrogens is 242 g/mol. The van der Waals surface area contributed by atoms with Gasteiger partial charge in [-0.05, 0) is 17.5 Å². The predicted octanol–water partition coefficient (Wildman–Crippen LogP) is 2.26. The minimum absolute atomic E-state index is 0.0240. The van der Waals surface area contributed by atoms with Gasteiger partial charge < -0.3 is 5.32 Å². The molecule has 0 aromatic heterocycles. The molecule has 0 bridgehead atoms. The summed E-state index contributed by atoms with van der Waals surface area (Å²) in [5.74, 6) is 0.0240. The molecule has 3 heteroatoms. The second-order valence-corrected chi connectivity index (χ2v) is 3.59. The van der Waals surface area contributed by atoms with E-state index in [1.54, 1.807) is 0 Å². The van der Waals surface area contributed by atoms with E-state index < -0.39 is 0 Å². The van der Waals surface area contributed by atoms with E-state index in [1.165, 1.54) is 11.1 Å². The highest BCUT2D eigenvalue weighted by atomic mass is 79.9.